The molecule has 1 heterocycles. The molecule has 0 spiro atoms. The molecular weight excluding hydrogens is 332 g/mol. The van der Waals surface area contributed by atoms with Gasteiger partial charge in [0.05, 0.1) is 24.0 Å². The second kappa shape index (κ2) is 7.47. The van der Waals surface area contributed by atoms with E-state index in [0.717, 1.165) is 6.07 Å². The van der Waals surface area contributed by atoms with Crippen LogP contribution in [0.25, 0.3) is 0 Å². The molecule has 0 aliphatic rings. The number of methoxy groups -OCH3 is 1. The first-order valence-corrected chi connectivity index (χ1v) is 7.22. The van der Waals surface area contributed by atoms with Crippen LogP contribution in [-0.4, -0.2) is 30.0 Å². The van der Waals surface area contributed by atoms with Gasteiger partial charge in [-0.3, -0.25) is 14.9 Å². The number of nitro benzene ring substituents is 1. The third-order valence-corrected chi connectivity index (χ3v) is 3.38. The van der Waals surface area contributed by atoms with Crippen molar-refractivity contribution in [2.45, 2.75) is 20.0 Å². The molecule has 2 aromatic rings. The zero-order chi connectivity index (χ0) is 18.6. The van der Waals surface area contributed by atoms with Gasteiger partial charge in [0.25, 0.3) is 11.6 Å². The largest absolute Gasteiger partial charge is 0.495 e. The standard InChI is InChI=1S/C16H16N2O7/c1-9-12(6-7-24-9)16(20)25-10(2)15(19)17-13-8-11(18(21)22)4-5-14(13)23-3/h4-8,10H,1-3H3,(H,17,19)/t10-/m1/s1. The number of aryl methyl sites for hydroxylation is 1. The van der Waals surface area contributed by atoms with E-state index in [2.05, 4.69) is 5.32 Å². The lowest BCUT2D eigenvalue weighted by atomic mass is 10.2. The maximum absolute atomic E-state index is 12.2. The Hall–Kier alpha value is -3.36. The molecule has 0 aliphatic carbocycles. The van der Waals surface area contributed by atoms with Crippen LogP contribution in [0.15, 0.2) is 34.9 Å². The van der Waals surface area contributed by atoms with Gasteiger partial charge in [0, 0.05) is 12.1 Å². The molecule has 0 radical (unpaired) electrons. The van der Waals surface area contributed by atoms with Crippen molar-refractivity contribution >= 4 is 23.3 Å². The molecule has 1 N–H and O–H groups in total. The fourth-order valence-corrected chi connectivity index (χ4v) is 2.02. The minimum atomic E-state index is -1.13. The van der Waals surface area contributed by atoms with Gasteiger partial charge in [-0.25, -0.2) is 4.79 Å². The van der Waals surface area contributed by atoms with Gasteiger partial charge in [-0.2, -0.15) is 0 Å². The summed E-state index contributed by atoms with van der Waals surface area (Å²) >= 11 is 0. The Labute approximate surface area is 142 Å². The van der Waals surface area contributed by atoms with E-state index in [-0.39, 0.29) is 22.7 Å². The van der Waals surface area contributed by atoms with Crippen molar-refractivity contribution in [3.8, 4) is 5.75 Å². The summed E-state index contributed by atoms with van der Waals surface area (Å²) in [6.45, 7) is 2.97. The number of amides is 1. The average molecular weight is 348 g/mol. The minimum absolute atomic E-state index is 0.101. The molecule has 1 atom stereocenters. The van der Waals surface area contributed by atoms with Crippen molar-refractivity contribution < 1.29 is 28.4 Å². The summed E-state index contributed by atoms with van der Waals surface area (Å²) in [5.74, 6) is -0.755. The van der Waals surface area contributed by atoms with E-state index in [9.17, 15) is 19.7 Å². The van der Waals surface area contributed by atoms with Crippen molar-refractivity contribution in [2.24, 2.45) is 0 Å². The molecule has 1 aromatic carbocycles. The van der Waals surface area contributed by atoms with Gasteiger partial charge in [0.2, 0.25) is 0 Å². The first-order valence-electron chi connectivity index (χ1n) is 7.22. The van der Waals surface area contributed by atoms with E-state index in [1.807, 2.05) is 0 Å². The quantitative estimate of drug-likeness (QED) is 0.484. The number of hydrogen-bond acceptors (Lipinski definition) is 7. The van der Waals surface area contributed by atoms with Gasteiger partial charge in [-0.15, -0.1) is 0 Å². The van der Waals surface area contributed by atoms with Crippen molar-refractivity contribution in [2.75, 3.05) is 12.4 Å². The predicted molar refractivity (Wildman–Crippen MR) is 86.6 cm³/mol. The monoisotopic (exact) mass is 348 g/mol. The second-order valence-corrected chi connectivity index (χ2v) is 5.07. The number of benzene rings is 1. The summed E-state index contributed by atoms with van der Waals surface area (Å²) in [6.07, 6.45) is 0.204. The van der Waals surface area contributed by atoms with Crippen LogP contribution in [0.3, 0.4) is 0 Å². The van der Waals surface area contributed by atoms with E-state index < -0.39 is 22.9 Å². The highest BCUT2D eigenvalue weighted by Gasteiger charge is 2.23. The maximum atomic E-state index is 12.2. The number of carbonyl (C=O) groups excluding carboxylic acids is 2. The van der Waals surface area contributed by atoms with Crippen LogP contribution in [0.2, 0.25) is 0 Å². The van der Waals surface area contributed by atoms with Gasteiger partial charge in [-0.1, -0.05) is 0 Å². The zero-order valence-corrected chi connectivity index (χ0v) is 13.8. The summed E-state index contributed by atoms with van der Waals surface area (Å²) in [5.41, 5.74) is 0.103. The summed E-state index contributed by atoms with van der Waals surface area (Å²) in [6, 6.07) is 5.20. The fourth-order valence-electron chi connectivity index (χ4n) is 2.02. The number of nitrogens with one attached hydrogen (secondary N) is 1. The van der Waals surface area contributed by atoms with Gasteiger partial charge in [-0.05, 0) is 26.0 Å². The molecular formula is C16H16N2O7. The van der Waals surface area contributed by atoms with Crippen LogP contribution in [0.5, 0.6) is 5.75 Å². The summed E-state index contributed by atoms with van der Waals surface area (Å²) in [4.78, 5) is 34.5. The molecule has 0 unspecified atom stereocenters. The number of nitrogens with zero attached hydrogens (tertiary/aromatic N) is 1. The second-order valence-electron chi connectivity index (χ2n) is 5.07. The molecule has 25 heavy (non-hydrogen) atoms. The molecule has 1 aromatic heterocycles. The van der Waals surface area contributed by atoms with E-state index in [1.165, 1.54) is 38.5 Å². The maximum Gasteiger partial charge on any atom is 0.342 e. The number of furan rings is 1. The highest BCUT2D eigenvalue weighted by atomic mass is 16.6. The summed E-state index contributed by atoms with van der Waals surface area (Å²) in [7, 11) is 1.36. The lowest BCUT2D eigenvalue weighted by Gasteiger charge is -2.15. The zero-order valence-electron chi connectivity index (χ0n) is 13.8. The minimum Gasteiger partial charge on any atom is -0.495 e. The number of nitro groups is 1. The number of anilines is 1. The first kappa shape index (κ1) is 18.0. The molecule has 0 fully saturated rings. The van der Waals surface area contributed by atoms with Crippen molar-refractivity contribution in [1.82, 2.24) is 0 Å². The lowest BCUT2D eigenvalue weighted by molar-refractivity contribution is -0.384. The van der Waals surface area contributed by atoms with E-state index in [0.29, 0.717) is 5.76 Å². The van der Waals surface area contributed by atoms with Crippen LogP contribution >= 0.6 is 0 Å². The number of ether oxygens (including phenoxy) is 2. The summed E-state index contributed by atoms with van der Waals surface area (Å²) in [5, 5.41) is 13.3. The molecule has 0 saturated carbocycles. The topological polar surface area (TPSA) is 121 Å². The highest BCUT2D eigenvalue weighted by molar-refractivity contribution is 5.98. The van der Waals surface area contributed by atoms with E-state index in [4.69, 9.17) is 13.9 Å². The van der Waals surface area contributed by atoms with Crippen molar-refractivity contribution in [1.29, 1.82) is 0 Å². The Kier molecular flexibility index (Phi) is 5.38. The SMILES string of the molecule is COc1ccc([N+](=O)[O-])cc1NC(=O)[C@@H](C)OC(=O)c1ccoc1C. The Morgan fingerprint density at radius 3 is 2.60 bits per heavy atom. The third-order valence-electron chi connectivity index (χ3n) is 3.38. The van der Waals surface area contributed by atoms with Crippen LogP contribution < -0.4 is 10.1 Å². The number of esters is 1. The molecule has 9 heteroatoms. The average Bonchev–Trinajstić information content (AvgIpc) is 3.00. The van der Waals surface area contributed by atoms with Gasteiger partial charge >= 0.3 is 5.97 Å². The number of rotatable bonds is 6. The highest BCUT2D eigenvalue weighted by Crippen LogP contribution is 2.29. The molecule has 0 bridgehead atoms. The van der Waals surface area contributed by atoms with Gasteiger partial charge in [0.1, 0.15) is 17.1 Å². The van der Waals surface area contributed by atoms with Crippen molar-refractivity contribution in [3.05, 3.63) is 52.0 Å². The van der Waals surface area contributed by atoms with Gasteiger partial charge in [0.15, 0.2) is 6.10 Å². The first-order chi connectivity index (χ1) is 11.8. The van der Waals surface area contributed by atoms with E-state index in [1.54, 1.807) is 6.92 Å². The normalized spacial score (nSPS) is 11.5. The molecule has 0 saturated heterocycles. The van der Waals surface area contributed by atoms with E-state index >= 15 is 0 Å². The third kappa shape index (κ3) is 4.14. The van der Waals surface area contributed by atoms with Crippen molar-refractivity contribution in [3.63, 3.8) is 0 Å². The van der Waals surface area contributed by atoms with Crippen LogP contribution in [0.1, 0.15) is 23.0 Å². The van der Waals surface area contributed by atoms with Gasteiger partial charge < -0.3 is 19.2 Å². The molecule has 2 rings (SSSR count). The van der Waals surface area contributed by atoms with Crippen LogP contribution in [0.4, 0.5) is 11.4 Å². The predicted octanol–water partition coefficient (Wildman–Crippen LogP) is 2.69. The van der Waals surface area contributed by atoms with Crippen LogP contribution in [0, 0.1) is 17.0 Å². The summed E-state index contributed by atoms with van der Waals surface area (Å²) < 4.78 is 15.1. The molecule has 1 amide bonds. The number of carbonyl (C=O) groups is 2. The number of non-ortho nitro benzene ring substituents is 1. The Balaban J connectivity index is 2.10. The molecule has 0 aliphatic heterocycles. The Morgan fingerprint density at radius 2 is 2.04 bits per heavy atom. The smallest absolute Gasteiger partial charge is 0.342 e. The lowest BCUT2D eigenvalue weighted by Crippen LogP contribution is -2.30. The Morgan fingerprint density at radius 1 is 1.32 bits per heavy atom. The Bertz CT molecular complexity index is 813. The fraction of sp³-hybridized carbons (Fsp3) is 0.250. The molecule has 132 valence electrons. The number of hydrogen-bond donors (Lipinski definition) is 1. The molecule has 9 nitrogen and oxygen atoms in total. The van der Waals surface area contributed by atoms with Crippen LogP contribution in [-0.2, 0) is 9.53 Å².